The van der Waals surface area contributed by atoms with E-state index in [1.54, 1.807) is 13.2 Å². The van der Waals surface area contributed by atoms with E-state index in [0.717, 1.165) is 30.0 Å². The van der Waals surface area contributed by atoms with E-state index >= 15 is 0 Å². The molecule has 1 saturated carbocycles. The van der Waals surface area contributed by atoms with Crippen LogP contribution in [0.3, 0.4) is 0 Å². The van der Waals surface area contributed by atoms with Gasteiger partial charge in [0, 0.05) is 36.6 Å². The number of methoxy groups -OCH3 is 1. The zero-order valence-corrected chi connectivity index (χ0v) is 24.5. The molecule has 2 fully saturated rings. The lowest BCUT2D eigenvalue weighted by atomic mass is 9.78. The summed E-state index contributed by atoms with van der Waals surface area (Å²) in [6.07, 6.45) is 2.60. The molecule has 1 aliphatic carbocycles. The number of piperidine rings is 1. The smallest absolute Gasteiger partial charge is 0.404 e. The van der Waals surface area contributed by atoms with Gasteiger partial charge >= 0.3 is 6.09 Å². The van der Waals surface area contributed by atoms with Crippen molar-refractivity contribution in [1.82, 2.24) is 19.0 Å². The van der Waals surface area contributed by atoms with Gasteiger partial charge in [0.1, 0.15) is 17.4 Å². The van der Waals surface area contributed by atoms with Crippen LogP contribution >= 0.6 is 0 Å². The van der Waals surface area contributed by atoms with Crippen LogP contribution in [-0.2, 0) is 18.3 Å². The number of hydrogen-bond donors (Lipinski definition) is 1. The molecule has 1 saturated heterocycles. The number of fused-ring (bicyclic) bond motifs is 2. The number of imidazole rings is 1. The van der Waals surface area contributed by atoms with Gasteiger partial charge in [0.05, 0.1) is 24.4 Å². The molecule has 2 atom stereocenters. The highest BCUT2D eigenvalue weighted by molar-refractivity contribution is 6.00. The van der Waals surface area contributed by atoms with Crippen LogP contribution in [0.4, 0.5) is 4.79 Å². The summed E-state index contributed by atoms with van der Waals surface area (Å²) in [6.45, 7) is 7.68. The van der Waals surface area contributed by atoms with Crippen molar-refractivity contribution in [3.63, 3.8) is 0 Å². The second-order valence-electron chi connectivity index (χ2n) is 12.6. The van der Waals surface area contributed by atoms with Gasteiger partial charge in [-0.1, -0.05) is 39.0 Å². The third-order valence-electron chi connectivity index (χ3n) is 8.57. The van der Waals surface area contributed by atoms with Gasteiger partial charge in [0.2, 0.25) is 0 Å². The van der Waals surface area contributed by atoms with Crippen LogP contribution in [0.5, 0.6) is 5.75 Å². The van der Waals surface area contributed by atoms with Crippen LogP contribution in [-0.4, -0.2) is 56.8 Å². The first-order valence-corrected chi connectivity index (χ1v) is 14.5. The van der Waals surface area contributed by atoms with Crippen molar-refractivity contribution in [3.8, 4) is 17.3 Å². The van der Waals surface area contributed by atoms with E-state index in [4.69, 9.17) is 20.2 Å². The van der Waals surface area contributed by atoms with Crippen molar-refractivity contribution in [2.45, 2.75) is 65.1 Å². The van der Waals surface area contributed by atoms with Crippen LogP contribution in [0.15, 0.2) is 42.5 Å². The van der Waals surface area contributed by atoms with E-state index in [0.29, 0.717) is 35.7 Å². The average Bonchev–Trinajstić information content (AvgIpc) is 3.60. The van der Waals surface area contributed by atoms with E-state index in [2.05, 4.69) is 60.2 Å². The van der Waals surface area contributed by atoms with Crippen molar-refractivity contribution >= 4 is 33.9 Å². The Balaban J connectivity index is 1.44. The number of amides is 2. The van der Waals surface area contributed by atoms with Crippen LogP contribution in [0, 0.1) is 11.3 Å². The number of ether oxygens (including phenoxy) is 2. The Bertz CT molecular complexity index is 1640. The molecule has 2 amide bonds. The summed E-state index contributed by atoms with van der Waals surface area (Å²) in [5.74, 6) is 1.98. The maximum atomic E-state index is 14.1. The Morgan fingerprint density at radius 3 is 2.54 bits per heavy atom. The normalized spacial score (nSPS) is 19.6. The molecule has 2 N–H and O–H groups in total. The molecule has 2 unspecified atom stereocenters. The molecule has 4 aromatic rings. The summed E-state index contributed by atoms with van der Waals surface area (Å²) in [4.78, 5) is 32.7. The quantitative estimate of drug-likeness (QED) is 0.326. The number of carbonyl (C=O) groups is 2. The lowest BCUT2D eigenvalue weighted by Gasteiger charge is -2.47. The van der Waals surface area contributed by atoms with Crippen molar-refractivity contribution in [2.24, 2.45) is 24.1 Å². The molecule has 9 heteroatoms. The minimum absolute atomic E-state index is 0.141. The molecule has 0 spiro atoms. The Hall–Kier alpha value is -4.01. The summed E-state index contributed by atoms with van der Waals surface area (Å²) < 4.78 is 15.8. The highest BCUT2D eigenvalue weighted by atomic mass is 16.6. The molecular weight excluding hydrogens is 518 g/mol. The fourth-order valence-electron chi connectivity index (χ4n) is 6.62. The van der Waals surface area contributed by atoms with Crippen molar-refractivity contribution in [2.75, 3.05) is 13.7 Å². The van der Waals surface area contributed by atoms with Gasteiger partial charge in [0.25, 0.3) is 5.91 Å². The number of aromatic nitrogens is 3. The molecule has 2 aromatic heterocycles. The number of benzene rings is 2. The zero-order valence-electron chi connectivity index (χ0n) is 24.5. The van der Waals surface area contributed by atoms with Gasteiger partial charge in [-0.2, -0.15) is 0 Å². The Labute approximate surface area is 240 Å². The molecule has 0 radical (unpaired) electrons. The highest BCUT2D eigenvalue weighted by Gasteiger charge is 2.44. The lowest BCUT2D eigenvalue weighted by molar-refractivity contribution is -0.0352. The standard InChI is InChI=1S/C32H39N5O4/c1-32(2,3)28-25(41-31(33)39)11-8-14-36(28)30(38)21-15-22-27(26(17-21)40-5)35(4)29(34-22)24-16-20-9-6-7-10-23(20)37(24)18-19-12-13-19/h6-7,9-10,15-17,19,25,28H,8,11-14,18H2,1-5H3,(H2,33,39). The summed E-state index contributed by atoms with van der Waals surface area (Å²) in [5.41, 5.74) is 9.35. The van der Waals surface area contributed by atoms with Crippen molar-refractivity contribution in [3.05, 3.63) is 48.0 Å². The molecule has 0 bridgehead atoms. The molecule has 1 aliphatic heterocycles. The minimum Gasteiger partial charge on any atom is -0.494 e. The van der Waals surface area contributed by atoms with Gasteiger partial charge in [0.15, 0.2) is 5.82 Å². The predicted octanol–water partition coefficient (Wildman–Crippen LogP) is 5.73. The first-order chi connectivity index (χ1) is 19.6. The zero-order chi connectivity index (χ0) is 29.1. The van der Waals surface area contributed by atoms with E-state index in [1.807, 2.05) is 18.0 Å². The Morgan fingerprint density at radius 1 is 1.10 bits per heavy atom. The Kier molecular flexibility index (Phi) is 6.71. The first kappa shape index (κ1) is 27.2. The number of nitrogens with two attached hydrogens (primary N) is 1. The van der Waals surface area contributed by atoms with Crippen molar-refractivity contribution in [1.29, 1.82) is 0 Å². The third-order valence-corrected chi connectivity index (χ3v) is 8.57. The largest absolute Gasteiger partial charge is 0.494 e. The van der Waals surface area contributed by atoms with Crippen LogP contribution in [0.2, 0.25) is 0 Å². The number of carbonyl (C=O) groups excluding carboxylic acids is 2. The Morgan fingerprint density at radius 2 is 1.85 bits per heavy atom. The second kappa shape index (κ2) is 10.1. The van der Waals surface area contributed by atoms with E-state index in [9.17, 15) is 9.59 Å². The van der Waals surface area contributed by atoms with Gasteiger partial charge in [-0.3, -0.25) is 4.79 Å². The molecule has 2 aliphatic rings. The summed E-state index contributed by atoms with van der Waals surface area (Å²) in [5, 5.41) is 1.18. The maximum absolute atomic E-state index is 14.1. The van der Waals surface area contributed by atoms with Gasteiger partial charge in [-0.15, -0.1) is 0 Å². The topological polar surface area (TPSA) is 105 Å². The fourth-order valence-corrected chi connectivity index (χ4v) is 6.62. The molecule has 41 heavy (non-hydrogen) atoms. The fraction of sp³-hybridized carbons (Fsp3) is 0.469. The highest BCUT2D eigenvalue weighted by Crippen LogP contribution is 2.39. The van der Waals surface area contributed by atoms with Crippen LogP contribution in [0.25, 0.3) is 33.5 Å². The summed E-state index contributed by atoms with van der Waals surface area (Å²) in [6, 6.07) is 14.0. The van der Waals surface area contributed by atoms with E-state index < -0.39 is 12.2 Å². The number of primary amides is 1. The summed E-state index contributed by atoms with van der Waals surface area (Å²) >= 11 is 0. The first-order valence-electron chi connectivity index (χ1n) is 14.5. The molecule has 3 heterocycles. The number of likely N-dealkylation sites (tertiary alicyclic amines) is 1. The SMILES string of the molecule is COc1cc(C(=O)N2CCCC(OC(N)=O)C2C(C)(C)C)cc2nc(-c3cc4ccccc4n3CC3CC3)n(C)c12. The van der Waals surface area contributed by atoms with E-state index in [-0.39, 0.29) is 17.4 Å². The van der Waals surface area contributed by atoms with Crippen LogP contribution < -0.4 is 10.5 Å². The minimum atomic E-state index is -0.818. The number of rotatable bonds is 6. The van der Waals surface area contributed by atoms with E-state index in [1.165, 1.54) is 23.7 Å². The van der Waals surface area contributed by atoms with Crippen LogP contribution in [0.1, 0.15) is 56.8 Å². The monoisotopic (exact) mass is 557 g/mol. The number of hydrogen-bond acceptors (Lipinski definition) is 5. The average molecular weight is 558 g/mol. The number of para-hydroxylation sites is 1. The molecule has 9 nitrogen and oxygen atoms in total. The van der Waals surface area contributed by atoms with Gasteiger partial charge in [-0.25, -0.2) is 9.78 Å². The third kappa shape index (κ3) is 4.91. The molecule has 2 aromatic carbocycles. The number of aryl methyl sites for hydroxylation is 1. The summed E-state index contributed by atoms with van der Waals surface area (Å²) in [7, 11) is 3.62. The molecule has 6 rings (SSSR count). The number of nitrogens with zero attached hydrogens (tertiary/aromatic N) is 4. The molecule has 216 valence electrons. The molecular formula is C32H39N5O4. The van der Waals surface area contributed by atoms with Crippen molar-refractivity contribution < 1.29 is 19.1 Å². The predicted molar refractivity (Wildman–Crippen MR) is 159 cm³/mol. The van der Waals surface area contributed by atoms with Gasteiger partial charge < -0.3 is 29.2 Å². The van der Waals surface area contributed by atoms with Gasteiger partial charge in [-0.05, 0) is 61.3 Å². The second-order valence-corrected chi connectivity index (χ2v) is 12.6. The lowest BCUT2D eigenvalue weighted by Crippen LogP contribution is -2.58. The maximum Gasteiger partial charge on any atom is 0.404 e.